The second-order valence-electron chi connectivity index (χ2n) is 8.65. The topological polar surface area (TPSA) is 69.7 Å². The maximum atomic E-state index is 13.2. The van der Waals surface area contributed by atoms with E-state index in [1.54, 1.807) is 6.07 Å². The number of rotatable bonds is 8. The van der Waals surface area contributed by atoms with Gasteiger partial charge in [0.15, 0.2) is 0 Å². The van der Waals surface area contributed by atoms with E-state index in [2.05, 4.69) is 24.4 Å². The third kappa shape index (κ3) is 5.33. The third-order valence-corrected chi connectivity index (χ3v) is 16.8. The minimum absolute atomic E-state index is 0.216. The summed E-state index contributed by atoms with van der Waals surface area (Å²) in [6, 6.07) is 32.8. The molecule has 0 aliphatic carbocycles. The van der Waals surface area contributed by atoms with Gasteiger partial charge in [-0.05, 0) is 0 Å². The first-order valence-corrected chi connectivity index (χ1v) is 17.4. The quantitative estimate of drug-likeness (QED) is 0.102. The monoisotopic (exact) mass is 638 g/mol. The molecular weight excluding hydrogens is 616 g/mol. The van der Waals surface area contributed by atoms with Crippen molar-refractivity contribution in [2.24, 2.45) is 0 Å². The number of methoxy groups -OCH3 is 1. The molecule has 0 spiro atoms. The van der Waals surface area contributed by atoms with Crippen LogP contribution in [-0.4, -0.2) is 27.0 Å². The molecule has 0 saturated carbocycles. The number of hydrogen-bond acceptors (Lipinski definition) is 5. The fraction of sp³-hybridized carbons (Fsp3) is 0.107. The van der Waals surface area contributed by atoms with E-state index in [-0.39, 0.29) is 6.16 Å². The van der Waals surface area contributed by atoms with Gasteiger partial charge in [-0.1, -0.05) is 0 Å². The standard InChI is InChI=1S/C28H23BrF3O5PS/c1-36-27(33)25-18-17-21(19-26(25)37-39(34,35)28(30,31)32)20-38(29,22-11-5-2-6-12-22,23-13-7-3-8-14-23)24-15-9-4-10-16-24/h2-19H,20H2,1H3. The molecule has 5 nitrogen and oxygen atoms in total. The molecule has 39 heavy (non-hydrogen) atoms. The number of carbonyl (C=O) groups is 1. The number of ether oxygens (including phenoxy) is 1. The summed E-state index contributed by atoms with van der Waals surface area (Å²) < 4.78 is 72.5. The van der Waals surface area contributed by atoms with Gasteiger partial charge in [0.2, 0.25) is 0 Å². The molecule has 0 fully saturated rings. The Bertz CT molecular complexity index is 1480. The van der Waals surface area contributed by atoms with E-state index >= 15 is 0 Å². The van der Waals surface area contributed by atoms with Gasteiger partial charge in [-0.3, -0.25) is 0 Å². The molecule has 0 atom stereocenters. The zero-order chi connectivity index (χ0) is 28.3. The van der Waals surface area contributed by atoms with Crippen molar-refractivity contribution in [2.45, 2.75) is 11.7 Å². The number of halogens is 4. The molecular formula is C28H23BrF3O5PS. The summed E-state index contributed by atoms with van der Waals surface area (Å²) in [6.07, 6.45) is 0.216. The van der Waals surface area contributed by atoms with Gasteiger partial charge in [0, 0.05) is 0 Å². The molecule has 0 radical (unpaired) electrons. The van der Waals surface area contributed by atoms with Gasteiger partial charge in [-0.2, -0.15) is 0 Å². The Morgan fingerprint density at radius 3 is 1.62 bits per heavy atom. The van der Waals surface area contributed by atoms with Crippen LogP contribution in [0.3, 0.4) is 0 Å². The first-order valence-electron chi connectivity index (χ1n) is 11.5. The average molecular weight is 639 g/mol. The summed E-state index contributed by atoms with van der Waals surface area (Å²) in [6.45, 7) is 0. The molecule has 4 aromatic carbocycles. The van der Waals surface area contributed by atoms with Crippen molar-refractivity contribution in [1.29, 1.82) is 0 Å². The van der Waals surface area contributed by atoms with E-state index in [0.717, 1.165) is 29.1 Å². The van der Waals surface area contributed by atoms with Crippen LogP contribution in [0.1, 0.15) is 15.9 Å². The molecule has 4 aromatic rings. The van der Waals surface area contributed by atoms with Crippen LogP contribution < -0.4 is 20.1 Å². The number of benzene rings is 4. The summed E-state index contributed by atoms with van der Waals surface area (Å²) in [5.41, 5.74) is -5.72. The van der Waals surface area contributed by atoms with Crippen molar-refractivity contribution in [3.05, 3.63) is 120 Å². The van der Waals surface area contributed by atoms with Crippen LogP contribution >= 0.6 is 20.8 Å². The van der Waals surface area contributed by atoms with E-state index in [1.165, 1.54) is 6.07 Å². The molecule has 0 N–H and O–H groups in total. The molecule has 0 unspecified atom stereocenters. The van der Waals surface area contributed by atoms with Crippen LogP contribution in [0.2, 0.25) is 0 Å². The van der Waals surface area contributed by atoms with E-state index < -0.39 is 38.2 Å². The molecule has 0 heterocycles. The van der Waals surface area contributed by atoms with Crippen LogP contribution in [0.25, 0.3) is 0 Å². The van der Waals surface area contributed by atoms with E-state index in [4.69, 9.17) is 0 Å². The average Bonchev–Trinajstić information content (AvgIpc) is 2.93. The maximum absolute atomic E-state index is 13.2. The fourth-order valence-corrected chi connectivity index (χ4v) is 12.6. The van der Waals surface area contributed by atoms with Crippen molar-refractivity contribution in [1.82, 2.24) is 0 Å². The zero-order valence-corrected chi connectivity index (χ0v) is 23.8. The van der Waals surface area contributed by atoms with Crippen LogP contribution in [0.5, 0.6) is 5.75 Å². The van der Waals surface area contributed by atoms with Gasteiger partial charge >= 0.3 is 233 Å². The second kappa shape index (κ2) is 10.8. The van der Waals surface area contributed by atoms with Gasteiger partial charge in [-0.25, -0.2) is 0 Å². The van der Waals surface area contributed by atoms with E-state index in [1.807, 2.05) is 91.0 Å². The van der Waals surface area contributed by atoms with Gasteiger partial charge in [-0.15, -0.1) is 0 Å². The predicted octanol–water partition coefficient (Wildman–Crippen LogP) is 6.04. The summed E-state index contributed by atoms with van der Waals surface area (Å²) in [4.78, 5) is 12.3. The Kier molecular flexibility index (Phi) is 7.94. The molecule has 0 saturated heterocycles. The first kappa shape index (κ1) is 28.8. The van der Waals surface area contributed by atoms with Crippen molar-refractivity contribution < 1.29 is 35.3 Å². The molecule has 0 aromatic heterocycles. The van der Waals surface area contributed by atoms with Crippen LogP contribution in [0, 0.1) is 0 Å². The summed E-state index contributed by atoms with van der Waals surface area (Å²) in [7, 11) is -5.02. The van der Waals surface area contributed by atoms with E-state index in [9.17, 15) is 26.4 Å². The number of carbonyl (C=O) groups excluding carboxylic acids is 1. The predicted molar refractivity (Wildman–Crippen MR) is 151 cm³/mol. The summed E-state index contributed by atoms with van der Waals surface area (Å²) in [5, 5.41) is -0.790. The number of esters is 1. The van der Waals surface area contributed by atoms with Crippen LogP contribution in [0.15, 0.2) is 109 Å². The van der Waals surface area contributed by atoms with Crippen molar-refractivity contribution >= 4 is 52.8 Å². The summed E-state index contributed by atoms with van der Waals surface area (Å²) in [5.74, 6) is -1.82. The Morgan fingerprint density at radius 1 is 0.795 bits per heavy atom. The molecule has 11 heteroatoms. The van der Waals surface area contributed by atoms with E-state index in [0.29, 0.717) is 5.56 Å². The summed E-state index contributed by atoms with van der Waals surface area (Å²) >= 11 is 4.23. The Hall–Kier alpha value is -3.20. The normalized spacial score (nSPS) is 13.2. The van der Waals surface area contributed by atoms with Crippen molar-refractivity contribution in [3.8, 4) is 5.75 Å². The molecule has 0 aliphatic heterocycles. The van der Waals surface area contributed by atoms with Gasteiger partial charge < -0.3 is 0 Å². The van der Waals surface area contributed by atoms with Crippen molar-refractivity contribution in [2.75, 3.05) is 7.11 Å². The Labute approximate surface area is 232 Å². The van der Waals surface area contributed by atoms with Crippen molar-refractivity contribution in [3.63, 3.8) is 0 Å². The number of hydrogen-bond donors (Lipinski definition) is 0. The Morgan fingerprint density at radius 2 is 1.23 bits per heavy atom. The van der Waals surface area contributed by atoms with Crippen LogP contribution in [-0.2, 0) is 21.0 Å². The van der Waals surface area contributed by atoms with Gasteiger partial charge in [0.25, 0.3) is 0 Å². The zero-order valence-electron chi connectivity index (χ0n) is 20.5. The molecule has 4 rings (SSSR count). The molecule has 0 aliphatic rings. The SMILES string of the molecule is COC(=O)c1ccc(CP(Br)(c2ccccc2)(c2ccccc2)c2ccccc2)cc1OS(=O)(=O)C(F)(F)F. The first-order chi connectivity index (χ1) is 18.4. The minimum atomic E-state index is -6.06. The Balaban J connectivity index is 2.01. The van der Waals surface area contributed by atoms with Crippen LogP contribution in [0.4, 0.5) is 13.2 Å². The number of alkyl halides is 3. The third-order valence-electron chi connectivity index (χ3n) is 6.30. The molecule has 0 bridgehead atoms. The fourth-order valence-electron chi connectivity index (χ4n) is 4.46. The van der Waals surface area contributed by atoms with Gasteiger partial charge in [0.1, 0.15) is 0 Å². The van der Waals surface area contributed by atoms with Gasteiger partial charge in [0.05, 0.1) is 0 Å². The second-order valence-corrected chi connectivity index (χ2v) is 19.1. The molecule has 0 amide bonds. The molecule has 204 valence electrons.